The molecule has 23 heavy (non-hydrogen) atoms. The molecule has 2 aliphatic carbocycles. The summed E-state index contributed by atoms with van der Waals surface area (Å²) in [5.41, 5.74) is 0. The molecule has 2 N–H and O–H groups in total. The van der Waals surface area contributed by atoms with E-state index in [-0.39, 0.29) is 11.2 Å². The standard InChI is InChI=1S/C14H19F3N4OS/c15-14(16,17)11-20-21-13(23-11)19-12(22)18-10-6-5-8-3-1-2-4-9(8)7-10/h8-10H,1-7H2,(H2,18,19,21,22)/t8-,9-,10-/m1/s1. The third-order valence-corrected chi connectivity index (χ3v) is 5.65. The maximum atomic E-state index is 12.4. The van der Waals surface area contributed by atoms with Crippen LogP contribution in [-0.2, 0) is 6.18 Å². The molecule has 0 aliphatic heterocycles. The summed E-state index contributed by atoms with van der Waals surface area (Å²) in [5.74, 6) is 1.45. The molecular weight excluding hydrogens is 329 g/mol. The smallest absolute Gasteiger partial charge is 0.335 e. The molecule has 2 aliphatic rings. The van der Waals surface area contributed by atoms with Crippen LogP contribution >= 0.6 is 11.3 Å². The van der Waals surface area contributed by atoms with Crippen LogP contribution in [0.2, 0.25) is 0 Å². The van der Waals surface area contributed by atoms with Crippen molar-refractivity contribution in [3.63, 3.8) is 0 Å². The Hall–Kier alpha value is -1.38. The molecule has 0 bridgehead atoms. The highest BCUT2D eigenvalue weighted by atomic mass is 32.1. The molecule has 2 amide bonds. The van der Waals surface area contributed by atoms with Gasteiger partial charge in [0.2, 0.25) is 10.1 Å². The van der Waals surface area contributed by atoms with Gasteiger partial charge in [-0.05, 0) is 31.1 Å². The first-order valence-electron chi connectivity index (χ1n) is 7.90. The van der Waals surface area contributed by atoms with Crippen LogP contribution in [-0.4, -0.2) is 22.3 Å². The number of hydrogen-bond acceptors (Lipinski definition) is 4. The predicted molar refractivity (Wildman–Crippen MR) is 80.2 cm³/mol. The van der Waals surface area contributed by atoms with Crippen molar-refractivity contribution in [3.05, 3.63) is 5.01 Å². The van der Waals surface area contributed by atoms with Crippen LogP contribution in [0.4, 0.5) is 23.1 Å². The van der Waals surface area contributed by atoms with Crippen LogP contribution in [0.3, 0.4) is 0 Å². The fourth-order valence-electron chi connectivity index (χ4n) is 3.71. The van der Waals surface area contributed by atoms with Crippen molar-refractivity contribution in [1.82, 2.24) is 15.5 Å². The molecule has 1 heterocycles. The zero-order valence-corrected chi connectivity index (χ0v) is 13.3. The maximum Gasteiger partial charge on any atom is 0.445 e. The fraction of sp³-hybridized carbons (Fsp3) is 0.786. The molecule has 0 spiro atoms. The van der Waals surface area contributed by atoms with Gasteiger partial charge in [-0.2, -0.15) is 13.2 Å². The number of anilines is 1. The Morgan fingerprint density at radius 2 is 1.83 bits per heavy atom. The summed E-state index contributed by atoms with van der Waals surface area (Å²) >= 11 is 0.329. The van der Waals surface area contributed by atoms with Crippen LogP contribution in [0.5, 0.6) is 0 Å². The highest BCUT2D eigenvalue weighted by Crippen LogP contribution is 2.40. The predicted octanol–water partition coefficient (Wildman–Crippen LogP) is 4.04. The van der Waals surface area contributed by atoms with E-state index in [0.717, 1.165) is 25.2 Å². The zero-order chi connectivity index (χ0) is 16.4. The van der Waals surface area contributed by atoms with Gasteiger partial charge in [-0.1, -0.05) is 37.0 Å². The average molecular weight is 348 g/mol. The number of fused-ring (bicyclic) bond motifs is 1. The van der Waals surface area contributed by atoms with Gasteiger partial charge in [-0.15, -0.1) is 10.2 Å². The quantitative estimate of drug-likeness (QED) is 0.848. The van der Waals surface area contributed by atoms with Gasteiger partial charge in [0.05, 0.1) is 0 Å². The number of carbonyl (C=O) groups excluding carboxylic acids is 1. The monoisotopic (exact) mass is 348 g/mol. The van der Waals surface area contributed by atoms with Gasteiger partial charge in [0.15, 0.2) is 0 Å². The SMILES string of the molecule is O=C(Nc1nnc(C(F)(F)F)s1)N[C@@H]1CC[C@H]2CCCC[C@@H]2C1. The number of halogens is 3. The minimum atomic E-state index is -4.53. The second-order valence-electron chi connectivity index (χ2n) is 6.32. The van der Waals surface area contributed by atoms with Crippen molar-refractivity contribution in [2.45, 2.75) is 57.2 Å². The van der Waals surface area contributed by atoms with Crippen molar-refractivity contribution >= 4 is 22.5 Å². The number of rotatable bonds is 2. The number of urea groups is 1. The van der Waals surface area contributed by atoms with Crippen molar-refractivity contribution in [3.8, 4) is 0 Å². The van der Waals surface area contributed by atoms with Gasteiger partial charge < -0.3 is 5.32 Å². The Morgan fingerprint density at radius 3 is 2.52 bits per heavy atom. The average Bonchev–Trinajstić information content (AvgIpc) is 2.95. The van der Waals surface area contributed by atoms with Crippen molar-refractivity contribution in [1.29, 1.82) is 0 Å². The van der Waals surface area contributed by atoms with Crippen LogP contribution in [0.25, 0.3) is 0 Å². The van der Waals surface area contributed by atoms with Crippen LogP contribution < -0.4 is 10.6 Å². The molecule has 1 aromatic rings. The third kappa shape index (κ3) is 4.13. The Balaban J connectivity index is 1.50. The molecule has 128 valence electrons. The summed E-state index contributed by atoms with van der Waals surface area (Å²) in [6.07, 6.45) is 3.54. The maximum absolute atomic E-state index is 12.4. The second kappa shape index (κ2) is 6.62. The van der Waals surface area contributed by atoms with Gasteiger partial charge in [0, 0.05) is 6.04 Å². The number of carbonyl (C=O) groups is 1. The number of nitrogens with zero attached hydrogens (tertiary/aromatic N) is 2. The lowest BCUT2D eigenvalue weighted by Gasteiger charge is -2.39. The summed E-state index contributed by atoms with van der Waals surface area (Å²) in [5, 5.41) is 10.4. The molecule has 0 radical (unpaired) electrons. The first-order valence-corrected chi connectivity index (χ1v) is 8.71. The van der Waals surface area contributed by atoms with E-state index in [9.17, 15) is 18.0 Å². The van der Waals surface area contributed by atoms with E-state index in [1.807, 2.05) is 0 Å². The van der Waals surface area contributed by atoms with E-state index >= 15 is 0 Å². The number of aromatic nitrogens is 2. The van der Waals surface area contributed by atoms with E-state index in [4.69, 9.17) is 0 Å². The van der Waals surface area contributed by atoms with E-state index in [0.29, 0.717) is 17.3 Å². The zero-order valence-electron chi connectivity index (χ0n) is 12.5. The first-order chi connectivity index (χ1) is 10.9. The lowest BCUT2D eigenvalue weighted by Crippen LogP contribution is -2.43. The van der Waals surface area contributed by atoms with Crippen LogP contribution in [0, 0.1) is 11.8 Å². The molecule has 5 nitrogen and oxygen atoms in total. The van der Waals surface area contributed by atoms with Gasteiger partial charge in [-0.3, -0.25) is 5.32 Å². The van der Waals surface area contributed by atoms with Crippen LogP contribution in [0.15, 0.2) is 0 Å². The number of hydrogen-bond donors (Lipinski definition) is 2. The van der Waals surface area contributed by atoms with Gasteiger partial charge in [-0.25, -0.2) is 4.79 Å². The van der Waals surface area contributed by atoms with E-state index < -0.39 is 17.2 Å². The number of nitrogens with one attached hydrogen (secondary N) is 2. The van der Waals surface area contributed by atoms with Crippen molar-refractivity contribution < 1.29 is 18.0 Å². The van der Waals surface area contributed by atoms with Crippen LogP contribution in [0.1, 0.15) is 50.0 Å². The molecule has 0 unspecified atom stereocenters. The van der Waals surface area contributed by atoms with Crippen molar-refractivity contribution in [2.75, 3.05) is 5.32 Å². The number of amides is 2. The van der Waals surface area contributed by atoms with E-state index in [1.165, 1.54) is 25.7 Å². The summed E-state index contributed by atoms with van der Waals surface area (Å²) in [6, 6.07) is -0.418. The minimum Gasteiger partial charge on any atom is -0.335 e. The lowest BCUT2D eigenvalue weighted by atomic mass is 9.69. The Morgan fingerprint density at radius 1 is 1.09 bits per heavy atom. The molecule has 1 aromatic heterocycles. The molecule has 2 fully saturated rings. The summed E-state index contributed by atoms with van der Waals surface area (Å²) in [4.78, 5) is 11.9. The molecule has 0 aromatic carbocycles. The topological polar surface area (TPSA) is 66.9 Å². The highest BCUT2D eigenvalue weighted by Gasteiger charge is 2.36. The Kier molecular flexibility index (Phi) is 4.74. The summed E-state index contributed by atoms with van der Waals surface area (Å²) in [7, 11) is 0. The van der Waals surface area contributed by atoms with Gasteiger partial charge in [0.25, 0.3) is 0 Å². The fourth-order valence-corrected chi connectivity index (χ4v) is 4.32. The van der Waals surface area contributed by atoms with Crippen molar-refractivity contribution in [2.24, 2.45) is 11.8 Å². The second-order valence-corrected chi connectivity index (χ2v) is 7.30. The third-order valence-electron chi connectivity index (χ3n) is 4.76. The van der Waals surface area contributed by atoms with E-state index in [2.05, 4.69) is 20.8 Å². The highest BCUT2D eigenvalue weighted by molar-refractivity contribution is 7.15. The van der Waals surface area contributed by atoms with Gasteiger partial charge in [0.1, 0.15) is 0 Å². The molecule has 0 saturated heterocycles. The molecule has 3 atom stereocenters. The largest absolute Gasteiger partial charge is 0.445 e. The first kappa shape index (κ1) is 16.5. The molecule has 2 saturated carbocycles. The minimum absolute atomic E-state index is 0.0874. The normalized spacial score (nSPS) is 28.0. The molecular formula is C14H19F3N4OS. The van der Waals surface area contributed by atoms with Gasteiger partial charge >= 0.3 is 12.2 Å². The molecule has 3 rings (SSSR count). The lowest BCUT2D eigenvalue weighted by molar-refractivity contribution is -0.138. The summed E-state index contributed by atoms with van der Waals surface area (Å²) in [6.45, 7) is 0. The van der Waals surface area contributed by atoms with E-state index in [1.54, 1.807) is 0 Å². The Labute approximate surface area is 136 Å². The summed E-state index contributed by atoms with van der Waals surface area (Å²) < 4.78 is 37.3. The Bertz CT molecular complexity index is 562. The molecule has 9 heteroatoms. The number of alkyl halides is 3.